The third-order valence-corrected chi connectivity index (χ3v) is 5.90. The fourth-order valence-corrected chi connectivity index (χ4v) is 4.59. The highest BCUT2D eigenvalue weighted by Crippen LogP contribution is 2.42. The lowest BCUT2D eigenvalue weighted by molar-refractivity contribution is -0.0562. The second-order valence-electron chi connectivity index (χ2n) is 7.06. The molecule has 3 fully saturated rings. The fraction of sp³-hybridized carbons (Fsp3) is 0.526. The first-order valence-electron chi connectivity index (χ1n) is 8.67. The molecular formula is C19H24N2O2. The fourth-order valence-electron chi connectivity index (χ4n) is 4.59. The molecule has 3 saturated heterocycles. The van der Waals surface area contributed by atoms with Crippen LogP contribution in [0.25, 0.3) is 10.9 Å². The molecule has 2 aromatic rings. The lowest BCUT2D eigenvalue weighted by Crippen LogP contribution is -2.55. The van der Waals surface area contributed by atoms with Crippen molar-refractivity contribution < 1.29 is 10.2 Å². The zero-order valence-electron chi connectivity index (χ0n) is 13.5. The van der Waals surface area contributed by atoms with Crippen molar-refractivity contribution >= 4 is 10.9 Å². The van der Waals surface area contributed by atoms with E-state index in [9.17, 15) is 10.2 Å². The van der Waals surface area contributed by atoms with Gasteiger partial charge in [0.2, 0.25) is 0 Å². The molecule has 0 radical (unpaired) electrons. The lowest BCUT2D eigenvalue weighted by atomic mass is 9.72. The average Bonchev–Trinajstić information content (AvgIpc) is 2.60. The molecule has 1 aromatic heterocycles. The summed E-state index contributed by atoms with van der Waals surface area (Å²) in [4.78, 5) is 6.81. The third kappa shape index (κ3) is 2.50. The monoisotopic (exact) mass is 312 g/mol. The highest BCUT2D eigenvalue weighted by Gasteiger charge is 2.42. The number of aromatic nitrogens is 1. The van der Waals surface area contributed by atoms with E-state index in [0.717, 1.165) is 47.8 Å². The summed E-state index contributed by atoms with van der Waals surface area (Å²) in [7, 11) is 0. The Bertz CT molecular complexity index is 718. The first-order chi connectivity index (χ1) is 11.2. The van der Waals surface area contributed by atoms with Crippen LogP contribution in [-0.2, 0) is 0 Å². The maximum Gasteiger partial charge on any atom is 0.116 e. The van der Waals surface area contributed by atoms with Crippen LogP contribution in [0.4, 0.5) is 0 Å². The normalized spacial score (nSPS) is 31.4. The van der Waals surface area contributed by atoms with E-state index < -0.39 is 6.10 Å². The van der Waals surface area contributed by atoms with Crippen LogP contribution in [0.1, 0.15) is 37.9 Å². The Morgan fingerprint density at radius 2 is 2.22 bits per heavy atom. The molecule has 3 aliphatic heterocycles. The number of benzene rings is 1. The standard InChI is InChI=1S/C19H24N2O2/c1-2-12-11-21-8-6-13(12)9-18(21)19(23)15-5-7-20-17-4-3-14(22)10-16(15)17/h3-5,7,10,12-13,18-19,22-23H,2,6,8-9,11H2,1H3/t12-,13+,18+,19-/m0/s1. The van der Waals surface area contributed by atoms with Crippen molar-refractivity contribution in [3.63, 3.8) is 0 Å². The molecule has 4 nitrogen and oxygen atoms in total. The summed E-state index contributed by atoms with van der Waals surface area (Å²) in [5, 5.41) is 21.7. The molecule has 0 saturated carbocycles. The molecule has 0 spiro atoms. The number of hydrogen-bond acceptors (Lipinski definition) is 4. The summed E-state index contributed by atoms with van der Waals surface area (Å²) in [6.07, 6.45) is 4.80. The van der Waals surface area contributed by atoms with Crippen LogP contribution in [0, 0.1) is 11.8 Å². The summed E-state index contributed by atoms with van der Waals surface area (Å²) in [5.41, 5.74) is 1.71. The smallest absolute Gasteiger partial charge is 0.116 e. The van der Waals surface area contributed by atoms with Crippen LogP contribution in [0.3, 0.4) is 0 Å². The number of hydrogen-bond donors (Lipinski definition) is 2. The number of aromatic hydroxyl groups is 1. The Kier molecular flexibility index (Phi) is 3.74. The number of nitrogens with zero attached hydrogens (tertiary/aromatic N) is 2. The zero-order chi connectivity index (χ0) is 16.0. The van der Waals surface area contributed by atoms with Gasteiger partial charge in [-0.3, -0.25) is 9.88 Å². The van der Waals surface area contributed by atoms with Crippen molar-refractivity contribution in [1.82, 2.24) is 9.88 Å². The zero-order valence-corrected chi connectivity index (χ0v) is 13.5. The van der Waals surface area contributed by atoms with E-state index in [1.165, 1.54) is 12.8 Å². The highest BCUT2D eigenvalue weighted by molar-refractivity contribution is 5.83. The van der Waals surface area contributed by atoms with E-state index in [1.54, 1.807) is 24.4 Å². The first kappa shape index (κ1) is 14.9. The summed E-state index contributed by atoms with van der Waals surface area (Å²) < 4.78 is 0. The first-order valence-corrected chi connectivity index (χ1v) is 8.67. The topological polar surface area (TPSA) is 56.6 Å². The van der Waals surface area contributed by atoms with E-state index in [0.29, 0.717) is 0 Å². The van der Waals surface area contributed by atoms with Gasteiger partial charge in [-0.1, -0.05) is 13.3 Å². The predicted octanol–water partition coefficient (Wildman–Crippen LogP) is 3.09. The molecule has 122 valence electrons. The van der Waals surface area contributed by atoms with Gasteiger partial charge in [-0.05, 0) is 61.1 Å². The van der Waals surface area contributed by atoms with Crippen molar-refractivity contribution in [3.05, 3.63) is 36.0 Å². The molecule has 3 aliphatic rings. The molecule has 4 heteroatoms. The van der Waals surface area contributed by atoms with Crippen LogP contribution in [0.15, 0.2) is 30.5 Å². The van der Waals surface area contributed by atoms with Crippen LogP contribution in [-0.4, -0.2) is 39.2 Å². The van der Waals surface area contributed by atoms with E-state index in [4.69, 9.17) is 0 Å². The van der Waals surface area contributed by atoms with Crippen molar-refractivity contribution in [1.29, 1.82) is 0 Å². The van der Waals surface area contributed by atoms with Crippen molar-refractivity contribution in [2.24, 2.45) is 11.8 Å². The van der Waals surface area contributed by atoms with Crippen molar-refractivity contribution in [2.45, 2.75) is 38.3 Å². The van der Waals surface area contributed by atoms with Gasteiger partial charge in [0, 0.05) is 24.2 Å². The molecule has 2 N–H and O–H groups in total. The second-order valence-corrected chi connectivity index (χ2v) is 7.06. The summed E-state index contributed by atoms with van der Waals surface area (Å²) in [5.74, 6) is 1.74. The van der Waals surface area contributed by atoms with Crippen LogP contribution >= 0.6 is 0 Å². The molecule has 5 rings (SSSR count). The SMILES string of the molecule is CC[C@H]1CN2CC[C@@H]1C[C@@H]2[C@@H](O)c1ccnc2ccc(O)cc12. The largest absolute Gasteiger partial charge is 0.508 e. The van der Waals surface area contributed by atoms with Gasteiger partial charge in [0.25, 0.3) is 0 Å². The minimum absolute atomic E-state index is 0.185. The molecule has 4 heterocycles. The van der Waals surface area contributed by atoms with E-state index in [-0.39, 0.29) is 11.8 Å². The van der Waals surface area contributed by atoms with Crippen LogP contribution in [0.5, 0.6) is 5.75 Å². The average molecular weight is 312 g/mol. The predicted molar refractivity (Wildman–Crippen MR) is 90.2 cm³/mol. The van der Waals surface area contributed by atoms with Gasteiger partial charge >= 0.3 is 0 Å². The Labute approximate surface area is 136 Å². The second kappa shape index (κ2) is 5.77. The van der Waals surface area contributed by atoms with Gasteiger partial charge in [-0.25, -0.2) is 0 Å². The summed E-state index contributed by atoms with van der Waals surface area (Å²) in [6.45, 7) is 4.48. The number of pyridine rings is 1. The molecule has 2 bridgehead atoms. The van der Waals surface area contributed by atoms with Gasteiger partial charge in [0.15, 0.2) is 0 Å². The maximum absolute atomic E-state index is 11.1. The highest BCUT2D eigenvalue weighted by atomic mass is 16.3. The number of fused-ring (bicyclic) bond motifs is 4. The van der Waals surface area contributed by atoms with E-state index in [1.807, 2.05) is 6.07 Å². The number of piperidine rings is 3. The number of rotatable bonds is 3. The number of aliphatic hydroxyl groups is 1. The minimum atomic E-state index is -0.525. The Morgan fingerprint density at radius 1 is 1.35 bits per heavy atom. The Hall–Kier alpha value is -1.65. The Morgan fingerprint density at radius 3 is 2.96 bits per heavy atom. The van der Waals surface area contributed by atoms with Crippen molar-refractivity contribution in [3.8, 4) is 5.75 Å². The number of phenolic OH excluding ortho intramolecular Hbond substituents is 1. The molecule has 23 heavy (non-hydrogen) atoms. The molecule has 0 amide bonds. The van der Waals surface area contributed by atoms with E-state index in [2.05, 4.69) is 16.8 Å². The number of aliphatic hydroxyl groups excluding tert-OH is 1. The molecule has 0 aliphatic carbocycles. The molecule has 1 aromatic carbocycles. The number of phenols is 1. The lowest BCUT2D eigenvalue weighted by Gasteiger charge is -2.51. The van der Waals surface area contributed by atoms with Gasteiger partial charge in [-0.15, -0.1) is 0 Å². The van der Waals surface area contributed by atoms with Gasteiger partial charge in [0.1, 0.15) is 5.75 Å². The van der Waals surface area contributed by atoms with Crippen LogP contribution < -0.4 is 0 Å². The minimum Gasteiger partial charge on any atom is -0.508 e. The van der Waals surface area contributed by atoms with Gasteiger partial charge in [0.05, 0.1) is 11.6 Å². The van der Waals surface area contributed by atoms with E-state index >= 15 is 0 Å². The van der Waals surface area contributed by atoms with Crippen LogP contribution in [0.2, 0.25) is 0 Å². The van der Waals surface area contributed by atoms with Crippen molar-refractivity contribution in [2.75, 3.05) is 13.1 Å². The molecule has 1 unspecified atom stereocenters. The third-order valence-electron chi connectivity index (χ3n) is 5.90. The summed E-state index contributed by atoms with van der Waals surface area (Å²) in [6, 6.07) is 7.24. The quantitative estimate of drug-likeness (QED) is 0.914. The van der Waals surface area contributed by atoms with Gasteiger partial charge < -0.3 is 10.2 Å². The maximum atomic E-state index is 11.1. The molecular weight excluding hydrogens is 288 g/mol. The summed E-state index contributed by atoms with van der Waals surface area (Å²) >= 11 is 0. The van der Waals surface area contributed by atoms with Gasteiger partial charge in [-0.2, -0.15) is 0 Å². The molecule has 5 atom stereocenters. The Balaban J connectivity index is 1.68.